The fourth-order valence-corrected chi connectivity index (χ4v) is 2.78. The van der Waals surface area contributed by atoms with Crippen LogP contribution in [0.5, 0.6) is 0 Å². The van der Waals surface area contributed by atoms with Crippen LogP contribution in [0.1, 0.15) is 25.1 Å². The van der Waals surface area contributed by atoms with E-state index in [1.54, 1.807) is 17.4 Å². The Balaban J connectivity index is 1.93. The van der Waals surface area contributed by atoms with Gasteiger partial charge >= 0.3 is 0 Å². The van der Waals surface area contributed by atoms with Gasteiger partial charge < -0.3 is 10.2 Å². The van der Waals surface area contributed by atoms with Crippen LogP contribution in [0.3, 0.4) is 0 Å². The summed E-state index contributed by atoms with van der Waals surface area (Å²) in [6.07, 6.45) is 0. The van der Waals surface area contributed by atoms with Crippen LogP contribution in [0.25, 0.3) is 0 Å². The van der Waals surface area contributed by atoms with Gasteiger partial charge in [0, 0.05) is 31.1 Å². The molecule has 0 aliphatic carbocycles. The third kappa shape index (κ3) is 4.79. The van der Waals surface area contributed by atoms with E-state index in [4.69, 9.17) is 0 Å². The van der Waals surface area contributed by atoms with Crippen molar-refractivity contribution in [2.45, 2.75) is 26.9 Å². The summed E-state index contributed by atoms with van der Waals surface area (Å²) in [5.41, 5.74) is 1.73. The van der Waals surface area contributed by atoms with Gasteiger partial charge in [-0.25, -0.2) is 9.37 Å². The van der Waals surface area contributed by atoms with Gasteiger partial charge in [0.05, 0.1) is 5.69 Å². The molecule has 114 valence electrons. The molecule has 3 nitrogen and oxygen atoms in total. The minimum atomic E-state index is -0.167. The van der Waals surface area contributed by atoms with E-state index in [-0.39, 0.29) is 5.82 Å². The molecule has 0 spiro atoms. The Morgan fingerprint density at radius 1 is 1.33 bits per heavy atom. The first kappa shape index (κ1) is 15.9. The van der Waals surface area contributed by atoms with E-state index in [9.17, 15) is 4.39 Å². The van der Waals surface area contributed by atoms with Crippen LogP contribution in [-0.2, 0) is 13.1 Å². The molecule has 2 aromatic rings. The summed E-state index contributed by atoms with van der Waals surface area (Å²) in [6, 6.07) is 6.87. The lowest BCUT2D eigenvalue weighted by Crippen LogP contribution is -2.20. The average molecular weight is 307 g/mol. The van der Waals surface area contributed by atoms with Gasteiger partial charge in [0.25, 0.3) is 0 Å². The van der Waals surface area contributed by atoms with Crippen molar-refractivity contribution >= 4 is 16.5 Å². The highest BCUT2D eigenvalue weighted by molar-refractivity contribution is 7.13. The molecular formula is C16H22FN3S. The molecule has 0 fully saturated rings. The zero-order chi connectivity index (χ0) is 15.2. The first-order chi connectivity index (χ1) is 10.1. The molecule has 0 radical (unpaired) electrons. The summed E-state index contributed by atoms with van der Waals surface area (Å²) in [5, 5.41) is 6.35. The molecule has 0 saturated carbocycles. The standard InChI is InChI=1S/C16H22FN3S/c1-12(2)8-18-9-14-11-21-16(19-14)20(3)10-13-6-4-5-7-15(13)17/h4-7,11-12,18H,8-10H2,1-3H3. The van der Waals surface area contributed by atoms with E-state index in [1.807, 2.05) is 24.1 Å². The molecule has 21 heavy (non-hydrogen) atoms. The molecule has 0 aliphatic rings. The van der Waals surface area contributed by atoms with Gasteiger partial charge in [-0.2, -0.15) is 0 Å². The largest absolute Gasteiger partial charge is 0.347 e. The van der Waals surface area contributed by atoms with Gasteiger partial charge in [0.1, 0.15) is 5.82 Å². The van der Waals surface area contributed by atoms with Crippen molar-refractivity contribution in [1.82, 2.24) is 10.3 Å². The number of thiazole rings is 1. The zero-order valence-electron chi connectivity index (χ0n) is 12.8. The van der Waals surface area contributed by atoms with Gasteiger partial charge in [-0.05, 0) is 18.5 Å². The normalized spacial score (nSPS) is 11.1. The summed E-state index contributed by atoms with van der Waals surface area (Å²) in [7, 11) is 1.94. The molecular weight excluding hydrogens is 285 g/mol. The minimum absolute atomic E-state index is 0.167. The quantitative estimate of drug-likeness (QED) is 0.846. The van der Waals surface area contributed by atoms with Crippen molar-refractivity contribution < 1.29 is 4.39 Å². The lowest BCUT2D eigenvalue weighted by Gasteiger charge is -2.16. The van der Waals surface area contributed by atoms with Gasteiger partial charge in [0.15, 0.2) is 5.13 Å². The summed E-state index contributed by atoms with van der Waals surface area (Å²) in [6.45, 7) is 6.66. The second kappa shape index (κ2) is 7.52. The van der Waals surface area contributed by atoms with Gasteiger partial charge in [-0.1, -0.05) is 32.0 Å². The monoisotopic (exact) mass is 307 g/mol. The van der Waals surface area contributed by atoms with Gasteiger partial charge in [-0.3, -0.25) is 0 Å². The van der Waals surface area contributed by atoms with E-state index in [0.29, 0.717) is 18.0 Å². The number of hydrogen-bond acceptors (Lipinski definition) is 4. The maximum absolute atomic E-state index is 13.7. The summed E-state index contributed by atoms with van der Waals surface area (Å²) in [5.74, 6) is 0.464. The fourth-order valence-electron chi connectivity index (χ4n) is 1.99. The fraction of sp³-hybridized carbons (Fsp3) is 0.438. The Kier molecular flexibility index (Phi) is 5.70. The Morgan fingerprint density at radius 3 is 2.81 bits per heavy atom. The predicted molar refractivity (Wildman–Crippen MR) is 87.2 cm³/mol. The molecule has 0 bridgehead atoms. The first-order valence-corrected chi connectivity index (χ1v) is 8.04. The zero-order valence-corrected chi connectivity index (χ0v) is 13.6. The van der Waals surface area contributed by atoms with Crippen molar-refractivity contribution in [2.75, 3.05) is 18.5 Å². The second-order valence-corrected chi connectivity index (χ2v) is 6.43. The Labute approximate surface area is 129 Å². The molecule has 1 aromatic carbocycles. The molecule has 1 N–H and O–H groups in total. The maximum Gasteiger partial charge on any atom is 0.185 e. The molecule has 0 aliphatic heterocycles. The smallest absolute Gasteiger partial charge is 0.185 e. The highest BCUT2D eigenvalue weighted by atomic mass is 32.1. The number of hydrogen-bond donors (Lipinski definition) is 1. The Hall–Kier alpha value is -1.46. The molecule has 0 amide bonds. The molecule has 1 aromatic heterocycles. The van der Waals surface area contributed by atoms with Crippen molar-refractivity contribution in [3.63, 3.8) is 0 Å². The Bertz CT molecular complexity index is 568. The number of benzene rings is 1. The minimum Gasteiger partial charge on any atom is -0.347 e. The molecule has 2 rings (SSSR count). The topological polar surface area (TPSA) is 28.2 Å². The van der Waals surface area contributed by atoms with Crippen LogP contribution in [0.4, 0.5) is 9.52 Å². The highest BCUT2D eigenvalue weighted by Crippen LogP contribution is 2.21. The van der Waals surface area contributed by atoms with E-state index in [1.165, 1.54) is 6.07 Å². The van der Waals surface area contributed by atoms with Crippen molar-refractivity contribution in [2.24, 2.45) is 5.92 Å². The number of anilines is 1. The van der Waals surface area contributed by atoms with E-state index in [2.05, 4.69) is 29.5 Å². The lowest BCUT2D eigenvalue weighted by molar-refractivity contribution is 0.549. The number of aromatic nitrogens is 1. The molecule has 0 unspecified atom stereocenters. The number of nitrogens with one attached hydrogen (secondary N) is 1. The van der Waals surface area contributed by atoms with Crippen LogP contribution >= 0.6 is 11.3 Å². The third-order valence-corrected chi connectivity index (χ3v) is 4.09. The summed E-state index contributed by atoms with van der Waals surface area (Å²) < 4.78 is 13.7. The first-order valence-electron chi connectivity index (χ1n) is 7.16. The van der Waals surface area contributed by atoms with Crippen LogP contribution in [0.2, 0.25) is 0 Å². The van der Waals surface area contributed by atoms with E-state index >= 15 is 0 Å². The van der Waals surface area contributed by atoms with Crippen LogP contribution in [-0.4, -0.2) is 18.6 Å². The van der Waals surface area contributed by atoms with Gasteiger partial charge in [0.2, 0.25) is 0 Å². The van der Waals surface area contributed by atoms with Crippen molar-refractivity contribution in [3.05, 3.63) is 46.7 Å². The second-order valence-electron chi connectivity index (χ2n) is 5.59. The number of nitrogens with zero attached hydrogens (tertiary/aromatic N) is 2. The van der Waals surface area contributed by atoms with Gasteiger partial charge in [-0.15, -0.1) is 11.3 Å². The van der Waals surface area contributed by atoms with E-state index < -0.39 is 0 Å². The third-order valence-electron chi connectivity index (χ3n) is 3.09. The molecule has 0 atom stereocenters. The highest BCUT2D eigenvalue weighted by Gasteiger charge is 2.10. The predicted octanol–water partition coefficient (Wildman–Crippen LogP) is 3.66. The number of halogens is 1. The van der Waals surface area contributed by atoms with Crippen LogP contribution in [0, 0.1) is 11.7 Å². The SMILES string of the molecule is CC(C)CNCc1csc(N(C)Cc2ccccc2F)n1. The molecule has 1 heterocycles. The van der Waals surface area contributed by atoms with Crippen molar-refractivity contribution in [1.29, 1.82) is 0 Å². The van der Waals surface area contributed by atoms with Crippen molar-refractivity contribution in [3.8, 4) is 0 Å². The molecule has 0 saturated heterocycles. The average Bonchev–Trinajstić information content (AvgIpc) is 2.90. The summed E-state index contributed by atoms with van der Waals surface area (Å²) in [4.78, 5) is 6.57. The number of rotatable bonds is 7. The maximum atomic E-state index is 13.7. The summed E-state index contributed by atoms with van der Waals surface area (Å²) >= 11 is 1.59. The van der Waals surface area contributed by atoms with Crippen LogP contribution < -0.4 is 10.2 Å². The Morgan fingerprint density at radius 2 is 2.10 bits per heavy atom. The lowest BCUT2D eigenvalue weighted by atomic mass is 10.2. The molecule has 5 heteroatoms. The van der Waals surface area contributed by atoms with Crippen LogP contribution in [0.15, 0.2) is 29.6 Å². The van der Waals surface area contributed by atoms with E-state index in [0.717, 1.165) is 23.9 Å².